The molecule has 18 nitrogen and oxygen atoms in total. The van der Waals surface area contributed by atoms with Gasteiger partial charge >= 0.3 is 11.9 Å². The molecule has 4 aromatic carbocycles. The van der Waals surface area contributed by atoms with E-state index in [2.05, 4.69) is 29.8 Å². The lowest BCUT2D eigenvalue weighted by molar-refractivity contribution is -0.132. The fourth-order valence-corrected chi connectivity index (χ4v) is 10.5. The highest BCUT2D eigenvalue weighted by atomic mass is 35.5. The van der Waals surface area contributed by atoms with E-state index < -0.39 is 51.7 Å². The molecule has 6 N–H and O–H groups in total. The number of aliphatic carboxylic acids is 2. The molecule has 0 aliphatic carbocycles. The molecule has 0 unspecified atom stereocenters. The number of nitrogens with zero attached hydrogens (tertiary/aromatic N) is 2. The molecule has 0 saturated heterocycles. The molecule has 0 aliphatic heterocycles. The van der Waals surface area contributed by atoms with E-state index in [-0.39, 0.29) is 68.2 Å². The average molecular weight is 952 g/mol. The number of sulfonamides is 2. The fraction of sp³-hybridized carbons (Fsp3) is 0.0588. The molecule has 0 saturated carbocycles. The number of benzene rings is 4. The van der Waals surface area contributed by atoms with Crippen molar-refractivity contribution in [3.63, 3.8) is 0 Å². The van der Waals surface area contributed by atoms with Gasteiger partial charge in [-0.25, -0.2) is 43.3 Å². The summed E-state index contributed by atoms with van der Waals surface area (Å²) in [4.78, 5) is 20.0. The van der Waals surface area contributed by atoms with Crippen LogP contribution < -0.4 is 9.44 Å². The Morgan fingerprint density at radius 1 is 0.542 bits per heavy atom. The smallest absolute Gasteiger partial charge is 0.328 e. The highest BCUT2D eigenvalue weighted by molar-refractivity contribution is 7.95. The molecule has 59 heavy (non-hydrogen) atoms. The summed E-state index contributed by atoms with van der Waals surface area (Å²) in [6.45, 7) is 0. The minimum absolute atomic E-state index is 0. The first-order valence-corrected chi connectivity index (χ1v) is 22.3. The molecular weight excluding hydrogens is 919 g/mol. The minimum Gasteiger partial charge on any atom is -0.478 e. The summed E-state index contributed by atoms with van der Waals surface area (Å²) in [6.07, 6.45) is 6.31. The van der Waals surface area contributed by atoms with Crippen LogP contribution in [0.4, 0.5) is 11.4 Å². The van der Waals surface area contributed by atoms with Crippen molar-refractivity contribution in [2.45, 2.75) is 19.6 Å². The van der Waals surface area contributed by atoms with Crippen molar-refractivity contribution in [3.05, 3.63) is 108 Å². The van der Waals surface area contributed by atoms with Crippen molar-refractivity contribution in [1.29, 1.82) is 0 Å². The summed E-state index contributed by atoms with van der Waals surface area (Å²) in [5.74, 6) is -2.28. The number of aromatic nitrogens is 4. The maximum atomic E-state index is 12.8. The molecule has 0 atom stereocenters. The number of hydrogen-bond acceptors (Lipinski definition) is 12. The number of sulfone groups is 2. The lowest BCUT2D eigenvalue weighted by Gasteiger charge is -2.11. The number of carboxylic acid groups (broad SMARTS) is 2. The highest BCUT2D eigenvalue weighted by Gasteiger charge is 2.25. The fourth-order valence-electron chi connectivity index (χ4n) is 5.13. The average Bonchev–Trinajstić information content (AvgIpc) is 3.72. The molecule has 6 aromatic rings. The van der Waals surface area contributed by atoms with Gasteiger partial charge in [0, 0.05) is 46.8 Å². The van der Waals surface area contributed by atoms with Crippen LogP contribution in [-0.4, -0.2) is 88.7 Å². The molecule has 316 valence electrons. The van der Waals surface area contributed by atoms with E-state index in [0.717, 1.165) is 24.7 Å². The Morgan fingerprint density at radius 2 is 0.864 bits per heavy atom. The predicted octanol–water partition coefficient (Wildman–Crippen LogP) is 5.00. The van der Waals surface area contributed by atoms with Crippen LogP contribution in [0.1, 0.15) is 11.4 Å². The maximum absolute atomic E-state index is 12.8. The van der Waals surface area contributed by atoms with Gasteiger partial charge in [-0.05, 0) is 72.8 Å². The molecule has 25 heteroatoms. The van der Waals surface area contributed by atoms with Crippen LogP contribution >= 0.6 is 37.2 Å². The Morgan fingerprint density at radius 3 is 1.17 bits per heavy atom. The van der Waals surface area contributed by atoms with Crippen LogP contribution in [-0.2, 0) is 49.3 Å². The number of H-pyrrole nitrogens is 2. The molecule has 6 rings (SSSR count). The second-order valence-electron chi connectivity index (χ2n) is 11.7. The predicted molar refractivity (Wildman–Crippen MR) is 228 cm³/mol. The zero-order chi connectivity index (χ0) is 41.1. The van der Waals surface area contributed by atoms with Crippen LogP contribution in [0.15, 0.2) is 117 Å². The summed E-state index contributed by atoms with van der Waals surface area (Å²) < 4.78 is 103. The van der Waals surface area contributed by atoms with E-state index in [1.54, 1.807) is 12.1 Å². The first kappa shape index (κ1) is 49.7. The highest BCUT2D eigenvalue weighted by Crippen LogP contribution is 2.28. The van der Waals surface area contributed by atoms with Crippen LogP contribution in [0.3, 0.4) is 0 Å². The van der Waals surface area contributed by atoms with E-state index in [9.17, 15) is 43.3 Å². The van der Waals surface area contributed by atoms with Gasteiger partial charge in [-0.1, -0.05) is 24.3 Å². The van der Waals surface area contributed by atoms with E-state index >= 15 is 0 Å². The summed E-state index contributed by atoms with van der Waals surface area (Å²) in [7, 11) is -15.9. The standard InChI is InChI=1S/2C17H15N3O6S2.3ClH/c2*1-27(23,24)15-4-2-3-5-16(15)28(25,26)20-11-6-7-13-12(10-11)14(19-18-13)8-9-17(21)22;;;/h2*2-10,20H,1H3,(H,18,19)(H,21,22);3*1H/b2*9-8+;;;. The van der Waals surface area contributed by atoms with E-state index in [1.807, 2.05) is 0 Å². The number of carbonyl (C=O) groups is 2. The molecule has 2 aromatic heterocycles. The molecule has 0 aliphatic rings. The first-order valence-electron chi connectivity index (χ1n) is 15.6. The van der Waals surface area contributed by atoms with Gasteiger partial charge in [-0.15, -0.1) is 37.2 Å². The number of carboxylic acids is 2. The van der Waals surface area contributed by atoms with Crippen LogP contribution in [0.25, 0.3) is 34.0 Å². The lowest BCUT2D eigenvalue weighted by Crippen LogP contribution is -2.16. The van der Waals surface area contributed by atoms with Crippen molar-refractivity contribution in [1.82, 2.24) is 20.4 Å². The number of hydrogen-bond donors (Lipinski definition) is 6. The molecule has 0 bridgehead atoms. The second kappa shape index (κ2) is 19.5. The summed E-state index contributed by atoms with van der Waals surface area (Å²) in [6, 6.07) is 19.6. The van der Waals surface area contributed by atoms with E-state index in [4.69, 9.17) is 10.2 Å². The van der Waals surface area contributed by atoms with Gasteiger partial charge in [-0.3, -0.25) is 19.6 Å². The van der Waals surface area contributed by atoms with Gasteiger partial charge in [0.05, 0.1) is 32.2 Å². The Hall–Kier alpha value is -5.49. The van der Waals surface area contributed by atoms with Crippen molar-refractivity contribution >= 4 is 134 Å². The second-order valence-corrected chi connectivity index (χ2v) is 19.0. The summed E-state index contributed by atoms with van der Waals surface area (Å²) in [5.41, 5.74) is 2.11. The van der Waals surface area contributed by atoms with Crippen molar-refractivity contribution in [2.24, 2.45) is 0 Å². The van der Waals surface area contributed by atoms with Crippen molar-refractivity contribution in [2.75, 3.05) is 22.0 Å². The van der Waals surface area contributed by atoms with Gasteiger partial charge in [-0.2, -0.15) is 10.2 Å². The van der Waals surface area contributed by atoms with Crippen LogP contribution in [0.2, 0.25) is 0 Å². The first-order chi connectivity index (χ1) is 26.2. The van der Waals surface area contributed by atoms with Gasteiger partial charge in [0.1, 0.15) is 9.79 Å². The Balaban J connectivity index is 0.000000387. The van der Waals surface area contributed by atoms with Crippen LogP contribution in [0.5, 0.6) is 0 Å². The molecule has 0 fully saturated rings. The Kier molecular flexibility index (Phi) is 16.4. The van der Waals surface area contributed by atoms with Gasteiger partial charge in [0.15, 0.2) is 19.7 Å². The van der Waals surface area contributed by atoms with Gasteiger partial charge < -0.3 is 10.2 Å². The third kappa shape index (κ3) is 12.3. The minimum atomic E-state index is -4.19. The van der Waals surface area contributed by atoms with Gasteiger partial charge in [0.2, 0.25) is 0 Å². The van der Waals surface area contributed by atoms with E-state index in [0.29, 0.717) is 33.2 Å². The zero-order valence-corrected chi connectivity index (χ0v) is 35.8. The van der Waals surface area contributed by atoms with Crippen LogP contribution in [0, 0.1) is 0 Å². The quantitative estimate of drug-likeness (QED) is 0.0881. The normalized spacial score (nSPS) is 11.8. The topological polar surface area (TPSA) is 293 Å². The number of anilines is 2. The summed E-state index contributed by atoms with van der Waals surface area (Å²) >= 11 is 0. The van der Waals surface area contributed by atoms with E-state index in [1.165, 1.54) is 84.9 Å². The maximum Gasteiger partial charge on any atom is 0.328 e. The Bertz CT molecular complexity index is 2840. The molecular formula is C34H33Cl3N6O12S4. The third-order valence-electron chi connectivity index (χ3n) is 7.53. The van der Waals surface area contributed by atoms with Crippen molar-refractivity contribution in [3.8, 4) is 0 Å². The lowest BCUT2D eigenvalue weighted by atomic mass is 10.2. The monoisotopic (exact) mass is 950 g/mol. The number of nitrogens with one attached hydrogen (secondary N) is 4. The molecule has 2 heterocycles. The number of fused-ring (bicyclic) bond motifs is 2. The summed E-state index contributed by atoms with van der Waals surface area (Å²) in [5, 5.41) is 31.8. The number of halogens is 3. The molecule has 0 radical (unpaired) electrons. The number of aromatic amines is 2. The molecule has 0 amide bonds. The van der Waals surface area contributed by atoms with Gasteiger partial charge in [0.25, 0.3) is 20.0 Å². The van der Waals surface area contributed by atoms with Crippen molar-refractivity contribution < 1.29 is 53.5 Å². The third-order valence-corrected chi connectivity index (χ3v) is 13.0. The molecule has 0 spiro atoms. The zero-order valence-electron chi connectivity index (χ0n) is 30.1. The number of rotatable bonds is 12. The largest absolute Gasteiger partial charge is 0.478 e. The SMILES string of the molecule is CS(=O)(=O)c1ccccc1S(=O)(=O)Nc1ccc2n[nH]c(/C=C/C(=O)O)c2c1.CS(=O)(=O)c1ccccc1S(=O)(=O)Nc1ccc2n[nH]c(/C=C/C(=O)O)c2c1.Cl.Cl.Cl. The Labute approximate surface area is 356 Å².